The van der Waals surface area contributed by atoms with Crippen LogP contribution in [0.25, 0.3) is 11.4 Å². The summed E-state index contributed by atoms with van der Waals surface area (Å²) in [5.41, 5.74) is 1.51. The van der Waals surface area contributed by atoms with Gasteiger partial charge in [0.1, 0.15) is 11.4 Å². The predicted molar refractivity (Wildman–Crippen MR) is 95.5 cm³/mol. The monoisotopic (exact) mass is 359 g/mol. The maximum Gasteiger partial charge on any atom is 0.229 e. The quantitative estimate of drug-likeness (QED) is 0.714. The molecule has 0 radical (unpaired) electrons. The van der Waals surface area contributed by atoms with Crippen LogP contribution in [0, 0.1) is 0 Å². The molecule has 0 bridgehead atoms. The van der Waals surface area contributed by atoms with Crippen molar-refractivity contribution < 1.29 is 9.53 Å². The molecule has 1 aromatic carbocycles. The van der Waals surface area contributed by atoms with Gasteiger partial charge in [0.2, 0.25) is 5.91 Å². The van der Waals surface area contributed by atoms with Gasteiger partial charge in [-0.3, -0.25) is 9.78 Å². The number of amides is 1. The average Bonchev–Trinajstić information content (AvgIpc) is 3.06. The van der Waals surface area contributed by atoms with E-state index in [1.807, 2.05) is 35.7 Å². The number of hydrogen-bond donors (Lipinski definition) is 1. The van der Waals surface area contributed by atoms with Crippen molar-refractivity contribution in [1.29, 1.82) is 0 Å². The van der Waals surface area contributed by atoms with Crippen LogP contribution < -0.4 is 10.1 Å². The topological polar surface area (TPSA) is 64.1 Å². The van der Waals surface area contributed by atoms with Crippen LogP contribution in [0.4, 0.5) is 5.13 Å². The number of thiazole rings is 1. The lowest BCUT2D eigenvalue weighted by molar-refractivity contribution is -0.116. The average molecular weight is 360 g/mol. The number of pyridine rings is 1. The van der Waals surface area contributed by atoms with E-state index in [1.165, 1.54) is 11.3 Å². The Hall–Kier alpha value is -2.44. The van der Waals surface area contributed by atoms with Gasteiger partial charge in [0, 0.05) is 11.6 Å². The molecule has 3 aromatic rings. The molecule has 1 N–H and O–H groups in total. The number of para-hydroxylation sites is 1. The van der Waals surface area contributed by atoms with Crippen molar-refractivity contribution in [3.8, 4) is 17.1 Å². The third-order valence-corrected chi connectivity index (χ3v) is 4.17. The van der Waals surface area contributed by atoms with Crippen LogP contribution in [0.15, 0.2) is 54.0 Å². The van der Waals surface area contributed by atoms with E-state index in [0.29, 0.717) is 15.9 Å². The molecule has 0 spiro atoms. The summed E-state index contributed by atoms with van der Waals surface area (Å²) in [4.78, 5) is 20.6. The number of halogens is 1. The van der Waals surface area contributed by atoms with Gasteiger partial charge >= 0.3 is 0 Å². The summed E-state index contributed by atoms with van der Waals surface area (Å²) in [6.07, 6.45) is 1.92. The first-order valence-corrected chi connectivity index (χ1v) is 8.52. The highest BCUT2D eigenvalue weighted by atomic mass is 35.5. The Morgan fingerprint density at radius 3 is 2.79 bits per heavy atom. The van der Waals surface area contributed by atoms with Crippen molar-refractivity contribution in [2.45, 2.75) is 6.42 Å². The molecule has 3 rings (SSSR count). The summed E-state index contributed by atoms with van der Waals surface area (Å²) in [6, 6.07) is 12.8. The van der Waals surface area contributed by atoms with Gasteiger partial charge in [0.25, 0.3) is 0 Å². The highest BCUT2D eigenvalue weighted by Gasteiger charge is 2.09. The maximum atomic E-state index is 12.0. The van der Waals surface area contributed by atoms with Crippen LogP contribution in [0.3, 0.4) is 0 Å². The Labute approximate surface area is 148 Å². The summed E-state index contributed by atoms with van der Waals surface area (Å²) in [6.45, 7) is 0.244. The Morgan fingerprint density at radius 2 is 2.00 bits per heavy atom. The van der Waals surface area contributed by atoms with E-state index in [4.69, 9.17) is 16.3 Å². The van der Waals surface area contributed by atoms with Crippen molar-refractivity contribution in [3.05, 3.63) is 59.1 Å². The largest absolute Gasteiger partial charge is 0.491 e. The molecule has 0 fully saturated rings. The van der Waals surface area contributed by atoms with Gasteiger partial charge in [-0.05, 0) is 24.3 Å². The van der Waals surface area contributed by atoms with E-state index in [1.54, 1.807) is 18.3 Å². The molecule has 0 saturated heterocycles. The second-order valence-electron chi connectivity index (χ2n) is 4.83. The van der Waals surface area contributed by atoms with Gasteiger partial charge in [-0.25, -0.2) is 4.98 Å². The fourth-order valence-electron chi connectivity index (χ4n) is 1.96. The first kappa shape index (κ1) is 16.4. The molecule has 7 heteroatoms. The van der Waals surface area contributed by atoms with E-state index in [9.17, 15) is 4.79 Å². The minimum Gasteiger partial charge on any atom is -0.491 e. The van der Waals surface area contributed by atoms with Gasteiger partial charge in [-0.15, -0.1) is 11.3 Å². The number of anilines is 1. The number of aromatic nitrogens is 2. The summed E-state index contributed by atoms with van der Waals surface area (Å²) < 4.78 is 5.50. The smallest absolute Gasteiger partial charge is 0.229 e. The molecule has 0 aliphatic carbocycles. The normalized spacial score (nSPS) is 10.4. The SMILES string of the molecule is O=C(CCOc1ccccc1Cl)Nc1nc(-c2ccccn2)cs1. The number of ether oxygens (including phenoxy) is 1. The Balaban J connectivity index is 1.51. The summed E-state index contributed by atoms with van der Waals surface area (Å²) in [7, 11) is 0. The van der Waals surface area contributed by atoms with Gasteiger partial charge in [-0.1, -0.05) is 29.8 Å². The maximum absolute atomic E-state index is 12.0. The van der Waals surface area contributed by atoms with Crippen LogP contribution in [0.5, 0.6) is 5.75 Å². The van der Waals surface area contributed by atoms with E-state index in [-0.39, 0.29) is 18.9 Å². The van der Waals surface area contributed by atoms with E-state index in [0.717, 1.165) is 11.4 Å². The van der Waals surface area contributed by atoms with Crippen molar-refractivity contribution in [2.75, 3.05) is 11.9 Å². The molecular weight excluding hydrogens is 346 g/mol. The summed E-state index contributed by atoms with van der Waals surface area (Å²) in [5.74, 6) is 0.405. The zero-order valence-electron chi connectivity index (χ0n) is 12.6. The van der Waals surface area contributed by atoms with Gasteiger partial charge in [0.15, 0.2) is 5.13 Å². The van der Waals surface area contributed by atoms with Gasteiger partial charge in [-0.2, -0.15) is 0 Å². The van der Waals surface area contributed by atoms with Crippen molar-refractivity contribution >= 4 is 34.0 Å². The highest BCUT2D eigenvalue weighted by molar-refractivity contribution is 7.14. The number of nitrogens with zero attached hydrogens (tertiary/aromatic N) is 2. The van der Waals surface area contributed by atoms with E-state index >= 15 is 0 Å². The minimum atomic E-state index is -0.163. The number of carbonyl (C=O) groups excluding carboxylic acids is 1. The lowest BCUT2D eigenvalue weighted by Gasteiger charge is -2.07. The van der Waals surface area contributed by atoms with Crippen molar-refractivity contribution in [1.82, 2.24) is 9.97 Å². The number of rotatable bonds is 6. The summed E-state index contributed by atoms with van der Waals surface area (Å²) >= 11 is 7.35. The Morgan fingerprint density at radius 1 is 1.17 bits per heavy atom. The molecular formula is C17H14ClN3O2S. The molecule has 0 aliphatic rings. The van der Waals surface area contributed by atoms with Gasteiger partial charge in [0.05, 0.1) is 23.7 Å². The number of nitrogens with one attached hydrogen (secondary N) is 1. The van der Waals surface area contributed by atoms with Crippen LogP contribution in [-0.4, -0.2) is 22.5 Å². The Kier molecular flexibility index (Phi) is 5.40. The molecule has 2 heterocycles. The molecule has 0 unspecified atom stereocenters. The van der Waals surface area contributed by atoms with Crippen LogP contribution in [0.2, 0.25) is 5.02 Å². The molecule has 1 amide bonds. The highest BCUT2D eigenvalue weighted by Crippen LogP contribution is 2.24. The van der Waals surface area contributed by atoms with Gasteiger partial charge < -0.3 is 10.1 Å². The number of hydrogen-bond acceptors (Lipinski definition) is 5. The van der Waals surface area contributed by atoms with Crippen LogP contribution >= 0.6 is 22.9 Å². The lowest BCUT2D eigenvalue weighted by Crippen LogP contribution is -2.15. The van der Waals surface area contributed by atoms with E-state index in [2.05, 4.69) is 15.3 Å². The molecule has 24 heavy (non-hydrogen) atoms. The number of carbonyl (C=O) groups is 1. The lowest BCUT2D eigenvalue weighted by atomic mass is 10.3. The molecule has 5 nitrogen and oxygen atoms in total. The molecule has 0 atom stereocenters. The zero-order valence-corrected chi connectivity index (χ0v) is 14.2. The predicted octanol–water partition coefficient (Wildman–Crippen LogP) is 4.27. The molecule has 2 aromatic heterocycles. The standard InChI is InChI=1S/C17H14ClN3O2S/c18-12-5-1-2-7-15(12)23-10-8-16(22)21-17-20-14(11-24-17)13-6-3-4-9-19-13/h1-7,9,11H,8,10H2,(H,20,21,22). The molecule has 0 saturated carbocycles. The first-order valence-electron chi connectivity index (χ1n) is 7.26. The first-order chi connectivity index (χ1) is 11.7. The van der Waals surface area contributed by atoms with Crippen molar-refractivity contribution in [2.24, 2.45) is 0 Å². The molecule has 0 aliphatic heterocycles. The fraction of sp³-hybridized carbons (Fsp3) is 0.118. The minimum absolute atomic E-state index is 0.163. The van der Waals surface area contributed by atoms with E-state index < -0.39 is 0 Å². The fourth-order valence-corrected chi connectivity index (χ4v) is 2.87. The van der Waals surface area contributed by atoms with Crippen LogP contribution in [0.1, 0.15) is 6.42 Å². The molecule has 122 valence electrons. The third kappa shape index (κ3) is 4.31. The van der Waals surface area contributed by atoms with Crippen LogP contribution in [-0.2, 0) is 4.79 Å². The third-order valence-electron chi connectivity index (χ3n) is 3.10. The second kappa shape index (κ2) is 7.90. The Bertz CT molecular complexity index is 823. The number of benzene rings is 1. The second-order valence-corrected chi connectivity index (χ2v) is 6.10. The zero-order chi connectivity index (χ0) is 16.8. The van der Waals surface area contributed by atoms with Crippen molar-refractivity contribution in [3.63, 3.8) is 0 Å². The summed E-state index contributed by atoms with van der Waals surface area (Å²) in [5, 5.41) is 5.69.